The summed E-state index contributed by atoms with van der Waals surface area (Å²) >= 11 is 1.75. The molecule has 1 fully saturated rings. The number of hydrogen-bond donors (Lipinski definition) is 1. The molecule has 0 aliphatic carbocycles. The third-order valence-corrected chi connectivity index (χ3v) is 5.23. The lowest BCUT2D eigenvalue weighted by atomic mass is 9.81. The predicted molar refractivity (Wildman–Crippen MR) is 73.7 cm³/mol. The molecule has 0 bridgehead atoms. The second-order valence-corrected chi connectivity index (χ2v) is 6.99. The van der Waals surface area contributed by atoms with Crippen LogP contribution in [-0.4, -0.2) is 34.8 Å². The van der Waals surface area contributed by atoms with Crippen LogP contribution in [-0.2, 0) is 16.8 Å². The molecule has 0 unspecified atom stereocenters. The molecule has 1 saturated heterocycles. The van der Waals surface area contributed by atoms with Crippen LogP contribution in [0.1, 0.15) is 37.1 Å². The molecule has 3 heterocycles. The van der Waals surface area contributed by atoms with Crippen molar-refractivity contribution in [2.24, 2.45) is 0 Å². The Morgan fingerprint density at radius 2 is 2.11 bits per heavy atom. The molecule has 3 rings (SSSR count). The summed E-state index contributed by atoms with van der Waals surface area (Å²) in [5.74, 6) is 0. The number of likely N-dealkylation sites (tertiary alicyclic amines) is 1. The van der Waals surface area contributed by atoms with E-state index in [0.29, 0.717) is 13.1 Å². The second kappa shape index (κ2) is 4.21. The maximum Gasteiger partial charge on any atom is 0.407 e. The zero-order valence-corrected chi connectivity index (χ0v) is 12.1. The molecule has 0 atom stereocenters. The Balaban J connectivity index is 1.91. The number of hydrogen-bond acceptors (Lipinski definition) is 3. The van der Waals surface area contributed by atoms with Gasteiger partial charge in [-0.15, -0.1) is 11.3 Å². The second-order valence-electron chi connectivity index (χ2n) is 6.08. The highest BCUT2D eigenvalue weighted by atomic mass is 32.1. The van der Waals surface area contributed by atoms with Gasteiger partial charge in [-0.1, -0.05) is 0 Å². The van der Waals surface area contributed by atoms with Crippen molar-refractivity contribution in [3.63, 3.8) is 0 Å². The minimum Gasteiger partial charge on any atom is -0.465 e. The molecule has 1 aromatic heterocycles. The van der Waals surface area contributed by atoms with Crippen LogP contribution in [0.15, 0.2) is 11.4 Å². The lowest BCUT2D eigenvalue weighted by Gasteiger charge is -2.48. The smallest absolute Gasteiger partial charge is 0.407 e. The summed E-state index contributed by atoms with van der Waals surface area (Å²) < 4.78 is 6.41. The van der Waals surface area contributed by atoms with Crippen LogP contribution in [0.5, 0.6) is 0 Å². The normalized spacial score (nSPS) is 24.2. The largest absolute Gasteiger partial charge is 0.465 e. The molecule has 1 spiro atoms. The topological polar surface area (TPSA) is 49.8 Å². The highest BCUT2D eigenvalue weighted by Crippen LogP contribution is 2.48. The Kier molecular flexibility index (Phi) is 2.87. The van der Waals surface area contributed by atoms with Crippen molar-refractivity contribution in [3.05, 3.63) is 21.9 Å². The summed E-state index contributed by atoms with van der Waals surface area (Å²) in [6.07, 6.45) is 1.64. The number of ether oxygens (including phenoxy) is 1. The van der Waals surface area contributed by atoms with Crippen LogP contribution >= 0.6 is 11.3 Å². The lowest BCUT2D eigenvalue weighted by molar-refractivity contribution is -0.174. The van der Waals surface area contributed by atoms with E-state index in [4.69, 9.17) is 9.84 Å². The molecule has 1 N–H and O–H groups in total. The molecule has 19 heavy (non-hydrogen) atoms. The van der Waals surface area contributed by atoms with E-state index in [1.54, 1.807) is 11.3 Å². The Hall–Kier alpha value is -1.07. The summed E-state index contributed by atoms with van der Waals surface area (Å²) in [6, 6.07) is 2.19. The quantitative estimate of drug-likeness (QED) is 0.795. The van der Waals surface area contributed by atoms with Crippen LogP contribution in [0.25, 0.3) is 0 Å². The SMILES string of the molecule is CC1(C)Cc2ccsc2C2(CCN(C(=O)O)CC2)O1. The molecule has 1 aromatic rings. The van der Waals surface area contributed by atoms with Crippen molar-refractivity contribution in [1.82, 2.24) is 4.90 Å². The van der Waals surface area contributed by atoms with Gasteiger partial charge < -0.3 is 14.7 Å². The molecule has 2 aliphatic rings. The van der Waals surface area contributed by atoms with Gasteiger partial charge in [-0.25, -0.2) is 4.79 Å². The van der Waals surface area contributed by atoms with Gasteiger partial charge in [0.2, 0.25) is 0 Å². The van der Waals surface area contributed by atoms with Gasteiger partial charge in [-0.2, -0.15) is 0 Å². The predicted octanol–water partition coefficient (Wildman–Crippen LogP) is 3.07. The number of thiophene rings is 1. The van der Waals surface area contributed by atoms with E-state index in [0.717, 1.165) is 19.3 Å². The van der Waals surface area contributed by atoms with E-state index in [2.05, 4.69) is 25.3 Å². The maximum atomic E-state index is 11.0. The zero-order valence-electron chi connectivity index (χ0n) is 11.3. The number of carbonyl (C=O) groups is 1. The van der Waals surface area contributed by atoms with Crippen molar-refractivity contribution in [3.8, 4) is 0 Å². The lowest BCUT2D eigenvalue weighted by Crippen LogP contribution is -2.52. The molecule has 104 valence electrons. The van der Waals surface area contributed by atoms with Gasteiger partial charge in [0.25, 0.3) is 0 Å². The van der Waals surface area contributed by atoms with E-state index in [1.807, 2.05) is 0 Å². The zero-order chi connectivity index (χ0) is 13.7. The van der Waals surface area contributed by atoms with Crippen LogP contribution in [0.2, 0.25) is 0 Å². The van der Waals surface area contributed by atoms with Gasteiger partial charge in [-0.3, -0.25) is 0 Å². The Labute approximate surface area is 117 Å². The van der Waals surface area contributed by atoms with Gasteiger partial charge >= 0.3 is 6.09 Å². The summed E-state index contributed by atoms with van der Waals surface area (Å²) in [4.78, 5) is 13.8. The molecule has 0 radical (unpaired) electrons. The number of carboxylic acid groups (broad SMARTS) is 1. The van der Waals surface area contributed by atoms with Crippen molar-refractivity contribution in [1.29, 1.82) is 0 Å². The first kappa shape index (κ1) is 12.9. The molecule has 1 amide bonds. The summed E-state index contributed by atoms with van der Waals surface area (Å²) in [6.45, 7) is 5.36. The van der Waals surface area contributed by atoms with Gasteiger partial charge in [0.05, 0.1) is 5.60 Å². The van der Waals surface area contributed by atoms with Crippen LogP contribution in [0.3, 0.4) is 0 Å². The highest BCUT2D eigenvalue weighted by molar-refractivity contribution is 7.10. The van der Waals surface area contributed by atoms with Crippen LogP contribution in [0.4, 0.5) is 4.79 Å². The number of fused-ring (bicyclic) bond motifs is 2. The summed E-state index contributed by atoms with van der Waals surface area (Å²) in [7, 11) is 0. The van der Waals surface area contributed by atoms with E-state index >= 15 is 0 Å². The molecular formula is C14H19NO3S. The fourth-order valence-corrected chi connectivity index (χ4v) is 4.45. The van der Waals surface area contributed by atoms with Crippen LogP contribution in [0, 0.1) is 0 Å². The highest BCUT2D eigenvalue weighted by Gasteiger charge is 2.47. The Morgan fingerprint density at radius 1 is 1.42 bits per heavy atom. The monoisotopic (exact) mass is 281 g/mol. The van der Waals surface area contributed by atoms with Crippen molar-refractivity contribution >= 4 is 17.4 Å². The summed E-state index contributed by atoms with van der Waals surface area (Å²) in [5, 5.41) is 11.2. The van der Waals surface area contributed by atoms with E-state index in [1.165, 1.54) is 15.3 Å². The molecule has 0 aromatic carbocycles. The van der Waals surface area contributed by atoms with Gasteiger partial charge in [0, 0.05) is 24.4 Å². The molecular weight excluding hydrogens is 262 g/mol. The fraction of sp³-hybridized carbons (Fsp3) is 0.643. The van der Waals surface area contributed by atoms with Crippen molar-refractivity contribution < 1.29 is 14.6 Å². The van der Waals surface area contributed by atoms with Crippen molar-refractivity contribution in [2.75, 3.05) is 13.1 Å². The molecule has 5 heteroatoms. The number of nitrogens with zero attached hydrogens (tertiary/aromatic N) is 1. The fourth-order valence-electron chi connectivity index (χ4n) is 3.33. The van der Waals surface area contributed by atoms with Gasteiger partial charge in [-0.05, 0) is 43.7 Å². The Morgan fingerprint density at radius 3 is 2.74 bits per heavy atom. The number of rotatable bonds is 0. The van der Waals surface area contributed by atoms with E-state index < -0.39 is 6.09 Å². The third kappa shape index (κ3) is 2.15. The molecule has 0 saturated carbocycles. The van der Waals surface area contributed by atoms with Crippen molar-refractivity contribution in [2.45, 2.75) is 44.3 Å². The first-order chi connectivity index (χ1) is 8.92. The van der Waals surface area contributed by atoms with E-state index in [-0.39, 0.29) is 11.2 Å². The first-order valence-corrected chi connectivity index (χ1v) is 7.55. The van der Waals surface area contributed by atoms with Crippen LogP contribution < -0.4 is 0 Å². The third-order valence-electron chi connectivity index (χ3n) is 4.09. The van der Waals surface area contributed by atoms with E-state index in [9.17, 15) is 4.79 Å². The average Bonchev–Trinajstić information content (AvgIpc) is 2.76. The molecule has 2 aliphatic heterocycles. The van der Waals surface area contributed by atoms with Gasteiger partial charge in [0.15, 0.2) is 0 Å². The minimum absolute atomic E-state index is 0.167. The Bertz CT molecular complexity index is 501. The number of piperidine rings is 1. The average molecular weight is 281 g/mol. The number of amides is 1. The summed E-state index contributed by atoms with van der Waals surface area (Å²) in [5.41, 5.74) is 0.946. The maximum absolute atomic E-state index is 11.0. The minimum atomic E-state index is -0.823. The van der Waals surface area contributed by atoms with Gasteiger partial charge in [0.1, 0.15) is 5.60 Å². The standard InChI is InChI=1S/C14H19NO3S/c1-13(2)9-10-3-8-19-11(10)14(18-13)4-6-15(7-5-14)12(16)17/h3,8H,4-7,9H2,1-2H3,(H,16,17). The molecule has 4 nitrogen and oxygen atoms in total. The first-order valence-electron chi connectivity index (χ1n) is 6.67.